The Morgan fingerprint density at radius 3 is 2.64 bits per heavy atom. The van der Waals surface area contributed by atoms with Gasteiger partial charge in [0.15, 0.2) is 5.82 Å². The lowest BCUT2D eigenvalue weighted by atomic mass is 10.3. The molecule has 3 aromatic heterocycles. The van der Waals surface area contributed by atoms with Crippen LogP contribution in [0.2, 0.25) is 0 Å². The van der Waals surface area contributed by atoms with Crippen LogP contribution in [0.4, 0.5) is 13.2 Å². The predicted octanol–water partition coefficient (Wildman–Crippen LogP) is 2.56. The topological polar surface area (TPSA) is 74.8 Å². The Morgan fingerprint density at radius 1 is 1.28 bits per heavy atom. The van der Waals surface area contributed by atoms with Crippen LogP contribution >= 0.6 is 0 Å². The standard InChI is InChI=1S/C15H14F3N5O2/c1-4-25-14(24)10-5-9(21-23(10)3)13-20-8-6-12(15(16,17)18)19-7-11(8)22(13)2/h5-7H,4H2,1-3H3. The average molecular weight is 353 g/mol. The molecular weight excluding hydrogens is 339 g/mol. The summed E-state index contributed by atoms with van der Waals surface area (Å²) in [6, 6.07) is 2.37. The summed E-state index contributed by atoms with van der Waals surface area (Å²) in [6.07, 6.45) is -3.43. The molecule has 0 bridgehead atoms. The van der Waals surface area contributed by atoms with E-state index < -0.39 is 17.8 Å². The molecule has 0 fully saturated rings. The monoisotopic (exact) mass is 353 g/mol. The van der Waals surface area contributed by atoms with E-state index in [-0.39, 0.29) is 17.8 Å². The molecule has 3 aromatic rings. The molecule has 0 amide bonds. The van der Waals surface area contributed by atoms with Crippen LogP contribution in [0.25, 0.3) is 22.6 Å². The lowest BCUT2D eigenvalue weighted by Crippen LogP contribution is -2.10. The first-order chi connectivity index (χ1) is 11.7. The van der Waals surface area contributed by atoms with Crippen molar-refractivity contribution in [2.45, 2.75) is 13.1 Å². The molecule has 25 heavy (non-hydrogen) atoms. The van der Waals surface area contributed by atoms with Gasteiger partial charge in [-0.05, 0) is 13.0 Å². The fourth-order valence-electron chi connectivity index (χ4n) is 2.45. The SMILES string of the molecule is CCOC(=O)c1cc(-c2nc3cc(C(F)(F)F)ncc3n2C)nn1C. The molecule has 0 unspecified atom stereocenters. The van der Waals surface area contributed by atoms with Crippen LogP contribution in [0.15, 0.2) is 18.3 Å². The average Bonchev–Trinajstić information content (AvgIpc) is 3.07. The fourth-order valence-corrected chi connectivity index (χ4v) is 2.45. The normalized spacial score (nSPS) is 11.9. The Bertz CT molecular complexity index is 958. The molecule has 0 aliphatic carbocycles. The molecule has 0 radical (unpaired) electrons. The molecule has 0 N–H and O–H groups in total. The quantitative estimate of drug-likeness (QED) is 0.677. The number of carbonyl (C=O) groups excluding carboxylic acids is 1. The molecule has 0 atom stereocenters. The van der Waals surface area contributed by atoms with Gasteiger partial charge in [0.25, 0.3) is 0 Å². The molecule has 0 aromatic carbocycles. The number of hydrogen-bond donors (Lipinski definition) is 0. The van der Waals surface area contributed by atoms with E-state index in [0.717, 1.165) is 12.3 Å². The zero-order valence-corrected chi connectivity index (χ0v) is 13.6. The zero-order valence-electron chi connectivity index (χ0n) is 13.6. The number of aryl methyl sites for hydroxylation is 2. The van der Waals surface area contributed by atoms with E-state index in [1.54, 1.807) is 25.6 Å². The van der Waals surface area contributed by atoms with Crippen molar-refractivity contribution in [2.75, 3.05) is 6.61 Å². The van der Waals surface area contributed by atoms with E-state index in [1.165, 1.54) is 10.7 Å². The van der Waals surface area contributed by atoms with Gasteiger partial charge >= 0.3 is 12.1 Å². The molecule has 3 heterocycles. The molecule has 0 saturated carbocycles. The van der Waals surface area contributed by atoms with Gasteiger partial charge in [0.2, 0.25) is 0 Å². The summed E-state index contributed by atoms with van der Waals surface area (Å²) in [4.78, 5) is 19.5. The molecule has 132 valence electrons. The van der Waals surface area contributed by atoms with E-state index in [1.807, 2.05) is 0 Å². The third kappa shape index (κ3) is 2.94. The number of ether oxygens (including phenoxy) is 1. The maximum atomic E-state index is 12.8. The summed E-state index contributed by atoms with van der Waals surface area (Å²) >= 11 is 0. The highest BCUT2D eigenvalue weighted by atomic mass is 19.4. The number of pyridine rings is 1. The first-order valence-corrected chi connectivity index (χ1v) is 7.33. The molecular formula is C15H14F3N5O2. The molecule has 3 rings (SSSR count). The molecule has 0 saturated heterocycles. The lowest BCUT2D eigenvalue weighted by Gasteiger charge is -2.04. The van der Waals surface area contributed by atoms with Crippen molar-refractivity contribution >= 4 is 17.0 Å². The largest absolute Gasteiger partial charge is 0.461 e. The van der Waals surface area contributed by atoms with Crippen molar-refractivity contribution in [3.05, 3.63) is 29.7 Å². The van der Waals surface area contributed by atoms with E-state index >= 15 is 0 Å². The van der Waals surface area contributed by atoms with Crippen LogP contribution in [0.5, 0.6) is 0 Å². The second-order valence-electron chi connectivity index (χ2n) is 5.31. The molecule has 0 aliphatic heterocycles. The summed E-state index contributed by atoms with van der Waals surface area (Å²) in [6.45, 7) is 1.91. The fraction of sp³-hybridized carbons (Fsp3) is 0.333. The maximum Gasteiger partial charge on any atom is 0.433 e. The summed E-state index contributed by atoms with van der Waals surface area (Å²) in [5.74, 6) is -0.217. The van der Waals surface area contributed by atoms with Crippen LogP contribution < -0.4 is 0 Å². The van der Waals surface area contributed by atoms with Gasteiger partial charge in [0.05, 0.1) is 23.8 Å². The van der Waals surface area contributed by atoms with Gasteiger partial charge in [-0.1, -0.05) is 0 Å². The second kappa shape index (κ2) is 5.87. The predicted molar refractivity (Wildman–Crippen MR) is 81.7 cm³/mol. The number of rotatable bonds is 3. The Balaban J connectivity index is 2.09. The maximum absolute atomic E-state index is 12.8. The minimum Gasteiger partial charge on any atom is -0.461 e. The smallest absolute Gasteiger partial charge is 0.433 e. The number of carbonyl (C=O) groups is 1. The minimum absolute atomic E-state index is 0.142. The van der Waals surface area contributed by atoms with Crippen LogP contribution in [0, 0.1) is 0 Å². The van der Waals surface area contributed by atoms with Crippen LogP contribution in [0.3, 0.4) is 0 Å². The van der Waals surface area contributed by atoms with Crippen molar-refractivity contribution in [2.24, 2.45) is 14.1 Å². The third-order valence-electron chi connectivity index (χ3n) is 3.65. The molecule has 0 aliphatic rings. The van der Waals surface area contributed by atoms with Gasteiger partial charge < -0.3 is 9.30 Å². The van der Waals surface area contributed by atoms with Crippen LogP contribution in [-0.4, -0.2) is 36.9 Å². The first kappa shape index (κ1) is 16.9. The van der Waals surface area contributed by atoms with Crippen molar-refractivity contribution < 1.29 is 22.7 Å². The highest BCUT2D eigenvalue weighted by Crippen LogP contribution is 2.30. The Hall–Kier alpha value is -2.91. The highest BCUT2D eigenvalue weighted by Gasteiger charge is 2.33. The lowest BCUT2D eigenvalue weighted by molar-refractivity contribution is -0.141. The number of nitrogens with zero attached hydrogens (tertiary/aromatic N) is 5. The van der Waals surface area contributed by atoms with E-state index in [2.05, 4.69) is 15.1 Å². The number of alkyl halides is 3. The Labute approximate surface area is 140 Å². The number of fused-ring (bicyclic) bond motifs is 1. The number of imidazole rings is 1. The number of hydrogen-bond acceptors (Lipinski definition) is 5. The minimum atomic E-state index is -4.55. The second-order valence-corrected chi connectivity index (χ2v) is 5.31. The summed E-state index contributed by atoms with van der Waals surface area (Å²) < 4.78 is 46.2. The number of halogens is 3. The molecule has 10 heteroatoms. The van der Waals surface area contributed by atoms with Crippen molar-refractivity contribution in [3.63, 3.8) is 0 Å². The molecule has 7 nitrogen and oxygen atoms in total. The third-order valence-corrected chi connectivity index (χ3v) is 3.65. The zero-order chi connectivity index (χ0) is 18.4. The van der Waals surface area contributed by atoms with Crippen LogP contribution in [-0.2, 0) is 25.0 Å². The number of aromatic nitrogens is 5. The van der Waals surface area contributed by atoms with E-state index in [4.69, 9.17) is 4.74 Å². The molecule has 0 spiro atoms. The highest BCUT2D eigenvalue weighted by molar-refractivity contribution is 5.89. The van der Waals surface area contributed by atoms with E-state index in [0.29, 0.717) is 17.0 Å². The van der Waals surface area contributed by atoms with Gasteiger partial charge in [-0.3, -0.25) is 4.68 Å². The summed E-state index contributed by atoms with van der Waals surface area (Å²) in [5, 5.41) is 4.20. The summed E-state index contributed by atoms with van der Waals surface area (Å²) in [7, 11) is 3.21. The van der Waals surface area contributed by atoms with Gasteiger partial charge in [0.1, 0.15) is 17.1 Å². The summed E-state index contributed by atoms with van der Waals surface area (Å²) in [5.41, 5.74) is 0.114. The Kier molecular flexibility index (Phi) is 3.97. The van der Waals surface area contributed by atoms with Gasteiger partial charge in [0, 0.05) is 20.2 Å². The van der Waals surface area contributed by atoms with Crippen LogP contribution in [0.1, 0.15) is 23.1 Å². The first-order valence-electron chi connectivity index (χ1n) is 7.33. The van der Waals surface area contributed by atoms with Crippen molar-refractivity contribution in [1.82, 2.24) is 24.3 Å². The van der Waals surface area contributed by atoms with Crippen molar-refractivity contribution in [3.8, 4) is 11.5 Å². The van der Waals surface area contributed by atoms with Gasteiger partial charge in [-0.15, -0.1) is 0 Å². The Morgan fingerprint density at radius 2 is 2.00 bits per heavy atom. The van der Waals surface area contributed by atoms with Gasteiger partial charge in [-0.25, -0.2) is 14.8 Å². The number of esters is 1. The van der Waals surface area contributed by atoms with Crippen molar-refractivity contribution in [1.29, 1.82) is 0 Å². The van der Waals surface area contributed by atoms with Gasteiger partial charge in [-0.2, -0.15) is 18.3 Å². The van der Waals surface area contributed by atoms with E-state index in [9.17, 15) is 18.0 Å².